The van der Waals surface area contributed by atoms with E-state index in [0.717, 1.165) is 37.8 Å². The number of hydrogen-bond donors (Lipinski definition) is 0. The molecule has 0 aliphatic carbocycles. The van der Waals surface area contributed by atoms with Gasteiger partial charge in [-0.15, -0.1) is 5.10 Å². The summed E-state index contributed by atoms with van der Waals surface area (Å²) in [5.41, 5.74) is 1.06. The lowest BCUT2D eigenvalue weighted by Gasteiger charge is -1.98. The molecule has 0 aromatic carbocycles. The van der Waals surface area contributed by atoms with Gasteiger partial charge in [0.15, 0.2) is 0 Å². The molecule has 0 unspecified atom stereocenters. The Morgan fingerprint density at radius 3 is 3.00 bits per heavy atom. The Bertz CT molecular complexity index is 237. The molecule has 0 saturated heterocycles. The molecule has 0 saturated carbocycles. The maximum Gasteiger partial charge on any atom is 0.0824 e. The predicted molar refractivity (Wildman–Crippen MR) is 54.9 cm³/mol. The SMILES string of the molecule is [B][B]CCCCn1cc(CC)nn1. The minimum absolute atomic E-state index is 0.945. The molecule has 5 heteroatoms. The van der Waals surface area contributed by atoms with Crippen LogP contribution in [0.3, 0.4) is 0 Å². The number of aryl methyl sites for hydroxylation is 2. The smallest absolute Gasteiger partial charge is 0.0824 e. The summed E-state index contributed by atoms with van der Waals surface area (Å²) < 4.78 is 1.90. The number of hydrogen-bond acceptors (Lipinski definition) is 2. The molecule has 1 aromatic heterocycles. The Hall–Kier alpha value is -0.730. The second-order valence-electron chi connectivity index (χ2n) is 3.06. The molecule has 0 fully saturated rings. The zero-order valence-electron chi connectivity index (χ0n) is 8.11. The highest BCUT2D eigenvalue weighted by atomic mass is 15.4. The van der Waals surface area contributed by atoms with Gasteiger partial charge in [0.05, 0.1) is 12.9 Å². The third-order valence-electron chi connectivity index (χ3n) is 1.96. The number of nitrogens with zero attached hydrogens (tertiary/aromatic N) is 3. The Kier molecular flexibility index (Phi) is 4.65. The fourth-order valence-electron chi connectivity index (χ4n) is 1.15. The average molecular weight is 174 g/mol. The summed E-state index contributed by atoms with van der Waals surface area (Å²) >= 11 is 0. The zero-order valence-corrected chi connectivity index (χ0v) is 8.11. The van der Waals surface area contributed by atoms with Gasteiger partial charge in [0, 0.05) is 20.5 Å². The highest BCUT2D eigenvalue weighted by Crippen LogP contribution is 1.99. The second-order valence-corrected chi connectivity index (χ2v) is 3.06. The van der Waals surface area contributed by atoms with Crippen molar-refractivity contribution in [3.8, 4) is 0 Å². The quantitative estimate of drug-likeness (QED) is 0.472. The van der Waals surface area contributed by atoms with E-state index >= 15 is 0 Å². The molecule has 1 rings (SSSR count). The van der Waals surface area contributed by atoms with Crippen LogP contribution in [0.2, 0.25) is 6.32 Å². The van der Waals surface area contributed by atoms with Gasteiger partial charge in [-0.25, -0.2) is 0 Å². The molecule has 0 spiro atoms. The first-order valence-corrected chi connectivity index (χ1v) is 4.79. The van der Waals surface area contributed by atoms with Crippen LogP contribution in [0.5, 0.6) is 0 Å². The van der Waals surface area contributed by atoms with E-state index in [1.165, 1.54) is 0 Å². The van der Waals surface area contributed by atoms with Crippen molar-refractivity contribution in [2.24, 2.45) is 0 Å². The summed E-state index contributed by atoms with van der Waals surface area (Å²) in [6.45, 7) is 3.03. The lowest BCUT2D eigenvalue weighted by molar-refractivity contribution is 0.552. The van der Waals surface area contributed by atoms with Crippen LogP contribution < -0.4 is 0 Å². The number of rotatable bonds is 6. The van der Waals surface area contributed by atoms with E-state index < -0.39 is 0 Å². The molecule has 0 aliphatic heterocycles. The summed E-state index contributed by atoms with van der Waals surface area (Å²) in [5, 5.41) is 8.02. The molecular weight excluding hydrogens is 160 g/mol. The molecule has 0 N–H and O–H groups in total. The van der Waals surface area contributed by atoms with Crippen LogP contribution in [0.25, 0.3) is 0 Å². The first-order valence-electron chi connectivity index (χ1n) is 4.79. The van der Waals surface area contributed by atoms with Gasteiger partial charge in [-0.1, -0.05) is 24.9 Å². The third-order valence-corrected chi connectivity index (χ3v) is 1.96. The molecular formula is C8H14B2N3. The predicted octanol–water partition coefficient (Wildman–Crippen LogP) is 0.827. The van der Waals surface area contributed by atoms with E-state index in [9.17, 15) is 0 Å². The lowest BCUT2D eigenvalue weighted by atomic mass is 9.53. The van der Waals surface area contributed by atoms with E-state index in [2.05, 4.69) is 17.2 Å². The van der Waals surface area contributed by atoms with E-state index in [0.29, 0.717) is 0 Å². The Morgan fingerprint density at radius 2 is 2.38 bits per heavy atom. The largest absolute Gasteiger partial charge is 0.252 e. The summed E-state index contributed by atoms with van der Waals surface area (Å²) in [4.78, 5) is 0. The standard InChI is InChI=1S/C8H14B2N3/c1-2-8-7-13(12-11-8)6-4-3-5-10-9/h7H,2-6H2,1H3. The van der Waals surface area contributed by atoms with Crippen LogP contribution in [0, 0.1) is 0 Å². The molecule has 1 heterocycles. The monoisotopic (exact) mass is 174 g/mol. The van der Waals surface area contributed by atoms with Gasteiger partial charge < -0.3 is 0 Å². The van der Waals surface area contributed by atoms with Gasteiger partial charge >= 0.3 is 0 Å². The summed E-state index contributed by atoms with van der Waals surface area (Å²) in [6.07, 6.45) is 6.18. The van der Waals surface area contributed by atoms with Gasteiger partial charge in [-0.3, -0.25) is 4.68 Å². The van der Waals surface area contributed by atoms with Crippen LogP contribution in [0.4, 0.5) is 0 Å². The van der Waals surface area contributed by atoms with E-state index in [4.69, 9.17) is 7.74 Å². The molecule has 3 radical (unpaired) electrons. The Balaban J connectivity index is 2.20. The van der Waals surface area contributed by atoms with Gasteiger partial charge in [-0.05, 0) is 12.8 Å². The highest BCUT2D eigenvalue weighted by Gasteiger charge is 1.96. The summed E-state index contributed by atoms with van der Waals surface area (Å²) in [6, 6.07) is 0. The van der Waals surface area contributed by atoms with Crippen molar-refractivity contribution in [3.05, 3.63) is 11.9 Å². The van der Waals surface area contributed by atoms with Crippen LogP contribution in [0.1, 0.15) is 25.5 Å². The lowest BCUT2D eigenvalue weighted by Crippen LogP contribution is -1.99. The van der Waals surface area contributed by atoms with Crippen molar-refractivity contribution in [2.45, 2.75) is 39.1 Å². The van der Waals surface area contributed by atoms with E-state index in [-0.39, 0.29) is 0 Å². The zero-order chi connectivity index (χ0) is 9.52. The summed E-state index contributed by atoms with van der Waals surface area (Å²) in [5.74, 6) is 0. The van der Waals surface area contributed by atoms with Gasteiger partial charge in [0.2, 0.25) is 0 Å². The maximum atomic E-state index is 5.27. The molecule has 0 atom stereocenters. The minimum Gasteiger partial charge on any atom is -0.252 e. The fraction of sp³-hybridized carbons (Fsp3) is 0.750. The van der Waals surface area contributed by atoms with Crippen molar-refractivity contribution in [2.75, 3.05) is 0 Å². The first-order chi connectivity index (χ1) is 6.36. The van der Waals surface area contributed by atoms with Gasteiger partial charge in [0.25, 0.3) is 0 Å². The molecule has 3 nitrogen and oxygen atoms in total. The van der Waals surface area contributed by atoms with Gasteiger partial charge in [0.1, 0.15) is 0 Å². The minimum atomic E-state index is 0.945. The van der Waals surface area contributed by atoms with Crippen LogP contribution >= 0.6 is 0 Å². The van der Waals surface area contributed by atoms with Crippen molar-refractivity contribution >= 4 is 14.9 Å². The Labute approximate surface area is 81.5 Å². The van der Waals surface area contributed by atoms with Crippen molar-refractivity contribution in [1.82, 2.24) is 15.0 Å². The highest BCUT2D eigenvalue weighted by molar-refractivity contribution is 6.89. The first kappa shape index (κ1) is 10.4. The normalized spacial score (nSPS) is 10.2. The van der Waals surface area contributed by atoms with Crippen LogP contribution in [0.15, 0.2) is 6.20 Å². The number of aromatic nitrogens is 3. The van der Waals surface area contributed by atoms with E-state index in [1.807, 2.05) is 10.9 Å². The summed E-state index contributed by atoms with van der Waals surface area (Å²) in [7, 11) is 6.98. The van der Waals surface area contributed by atoms with Crippen LogP contribution in [-0.2, 0) is 13.0 Å². The van der Waals surface area contributed by atoms with Gasteiger partial charge in [-0.2, -0.15) is 0 Å². The molecule has 0 bridgehead atoms. The molecule has 13 heavy (non-hydrogen) atoms. The van der Waals surface area contributed by atoms with E-state index in [1.54, 1.807) is 7.17 Å². The van der Waals surface area contributed by atoms with Crippen LogP contribution in [-0.4, -0.2) is 29.9 Å². The van der Waals surface area contributed by atoms with Crippen molar-refractivity contribution in [3.63, 3.8) is 0 Å². The van der Waals surface area contributed by atoms with Crippen molar-refractivity contribution in [1.29, 1.82) is 0 Å². The average Bonchev–Trinajstić information content (AvgIpc) is 2.60. The van der Waals surface area contributed by atoms with Crippen molar-refractivity contribution < 1.29 is 0 Å². The molecule has 0 aliphatic rings. The second kappa shape index (κ2) is 5.84. The molecule has 0 amide bonds. The molecule has 1 aromatic rings. The Morgan fingerprint density at radius 1 is 1.54 bits per heavy atom. The topological polar surface area (TPSA) is 30.7 Å². The maximum absolute atomic E-state index is 5.27. The third kappa shape index (κ3) is 3.66. The fourth-order valence-corrected chi connectivity index (χ4v) is 1.15. The number of unbranched alkanes of at least 4 members (excludes halogenated alkanes) is 1. The molecule has 67 valence electrons.